The van der Waals surface area contributed by atoms with Crippen molar-refractivity contribution < 1.29 is 0 Å². The van der Waals surface area contributed by atoms with Crippen molar-refractivity contribution in [1.82, 2.24) is 10.6 Å². The maximum Gasteiger partial charge on any atom is 0.133 e. The number of nitrogens with one attached hydrogen (secondary N) is 2. The Bertz CT molecular complexity index is 3300. The fraction of sp³-hybridized carbons (Fsp3) is 0.0517. The van der Waals surface area contributed by atoms with E-state index in [2.05, 4.69) is 235 Å². The average Bonchev–Trinajstić information content (AvgIpc) is 3.66. The highest BCUT2D eigenvalue weighted by atomic mass is 15.3. The molecule has 2 aliphatic rings. The van der Waals surface area contributed by atoms with Gasteiger partial charge in [-0.3, -0.25) is 5.32 Å². The summed E-state index contributed by atoms with van der Waals surface area (Å²) in [5, 5.41) is 15.1. The summed E-state index contributed by atoms with van der Waals surface area (Å²) in [5.41, 5.74) is 12.9. The van der Waals surface area contributed by atoms with E-state index in [1.54, 1.807) is 0 Å². The third-order valence-electron chi connectivity index (χ3n) is 13.0. The molecule has 288 valence electrons. The third kappa shape index (κ3) is 5.51. The van der Waals surface area contributed by atoms with Gasteiger partial charge in [-0.1, -0.05) is 224 Å². The van der Waals surface area contributed by atoms with E-state index >= 15 is 0 Å². The number of hydrogen-bond acceptors (Lipinski definition) is 3. The Balaban J connectivity index is 1.11. The molecule has 0 radical (unpaired) electrons. The number of hydrogen-bond donors (Lipinski definition) is 2. The van der Waals surface area contributed by atoms with E-state index < -0.39 is 5.41 Å². The second-order valence-electron chi connectivity index (χ2n) is 16.2. The Morgan fingerprint density at radius 3 is 1.62 bits per heavy atom. The minimum Gasteiger partial charge on any atom is -0.350 e. The van der Waals surface area contributed by atoms with Crippen LogP contribution in [0.2, 0.25) is 0 Å². The lowest BCUT2D eigenvalue weighted by Crippen LogP contribution is -2.45. The van der Waals surface area contributed by atoms with Crippen LogP contribution in [-0.4, -0.2) is 5.84 Å². The highest BCUT2D eigenvalue weighted by Gasteiger charge is 2.46. The van der Waals surface area contributed by atoms with Crippen molar-refractivity contribution >= 4 is 38.2 Å². The van der Waals surface area contributed by atoms with Gasteiger partial charge in [-0.15, -0.1) is 0 Å². The molecular weight excluding hydrogens is 739 g/mol. The zero-order chi connectivity index (χ0) is 40.3. The molecular formula is C58H41N3. The standard InChI is InChI=1S/C58H41N3/c1-4-19-40(20-5-1)55-59-56(41-21-6-2-7-22-41)61-57(60-55)54-48-29-15-13-27-46(48)45-26-12-14-28-47(45)52(54)39-32-35-43(36-33-39)58(42-23-8-3-9-24-42)50-31-17-16-30-49(50)53-44-25-11-10-18-38(44)34-37-51(53)58/h1-37,55-56,59H,(H,60,61). The summed E-state index contributed by atoms with van der Waals surface area (Å²) in [6, 6.07) is 82.0. The number of rotatable bonds is 6. The number of fused-ring (bicyclic) bond motifs is 8. The van der Waals surface area contributed by atoms with Crippen molar-refractivity contribution in [2.45, 2.75) is 17.7 Å². The van der Waals surface area contributed by atoms with Gasteiger partial charge in [0.2, 0.25) is 0 Å². The van der Waals surface area contributed by atoms with Crippen molar-refractivity contribution in [1.29, 1.82) is 0 Å². The van der Waals surface area contributed by atoms with Crippen molar-refractivity contribution in [2.24, 2.45) is 4.99 Å². The fourth-order valence-corrected chi connectivity index (χ4v) is 10.4. The second kappa shape index (κ2) is 14.3. The van der Waals surface area contributed by atoms with Gasteiger partial charge in [0.1, 0.15) is 18.2 Å². The Labute approximate surface area is 355 Å². The van der Waals surface area contributed by atoms with Crippen LogP contribution in [-0.2, 0) is 5.41 Å². The van der Waals surface area contributed by atoms with Gasteiger partial charge in [0, 0.05) is 11.1 Å². The van der Waals surface area contributed by atoms with E-state index in [-0.39, 0.29) is 12.3 Å². The van der Waals surface area contributed by atoms with E-state index in [4.69, 9.17) is 4.99 Å². The van der Waals surface area contributed by atoms with Crippen molar-refractivity contribution in [3.8, 4) is 22.3 Å². The number of aliphatic imine (C=N–C) groups is 1. The smallest absolute Gasteiger partial charge is 0.133 e. The Morgan fingerprint density at radius 1 is 0.377 bits per heavy atom. The fourth-order valence-electron chi connectivity index (χ4n) is 10.4. The van der Waals surface area contributed by atoms with Crippen LogP contribution in [0.3, 0.4) is 0 Å². The van der Waals surface area contributed by atoms with Crippen LogP contribution in [0, 0.1) is 0 Å². The largest absolute Gasteiger partial charge is 0.350 e. The molecule has 3 unspecified atom stereocenters. The SMILES string of the molecule is c1ccc(C2N=C(c3c(-c4ccc(C5(c6ccccc6)c6ccccc6-c6c5ccc5ccccc65)cc4)c4ccccc4c4ccccc34)NC(c3ccccc3)N2)cc1. The number of nitrogens with zero attached hydrogens (tertiary/aromatic N) is 1. The van der Waals surface area contributed by atoms with Crippen molar-refractivity contribution in [2.75, 3.05) is 0 Å². The van der Waals surface area contributed by atoms with E-state index in [9.17, 15) is 0 Å². The van der Waals surface area contributed by atoms with E-state index in [0.717, 1.165) is 28.1 Å². The molecule has 2 N–H and O–H groups in total. The van der Waals surface area contributed by atoms with Gasteiger partial charge < -0.3 is 5.32 Å². The maximum absolute atomic E-state index is 5.54. The van der Waals surface area contributed by atoms with Gasteiger partial charge in [-0.05, 0) is 82.4 Å². The van der Waals surface area contributed by atoms with Crippen molar-refractivity contribution in [3.63, 3.8) is 0 Å². The zero-order valence-corrected chi connectivity index (χ0v) is 33.5. The summed E-state index contributed by atoms with van der Waals surface area (Å²) < 4.78 is 0. The van der Waals surface area contributed by atoms with Gasteiger partial charge in [-0.25, -0.2) is 4.99 Å². The molecule has 1 heterocycles. The first-order valence-electron chi connectivity index (χ1n) is 21.2. The minimum atomic E-state index is -0.517. The van der Waals surface area contributed by atoms with E-state index in [1.165, 1.54) is 71.3 Å². The molecule has 61 heavy (non-hydrogen) atoms. The van der Waals surface area contributed by atoms with Crippen LogP contribution in [0.25, 0.3) is 54.6 Å². The Kier molecular flexibility index (Phi) is 8.29. The molecule has 0 fully saturated rings. The molecule has 10 aromatic carbocycles. The number of benzene rings is 10. The van der Waals surface area contributed by atoms with E-state index in [0.29, 0.717) is 0 Å². The summed E-state index contributed by atoms with van der Waals surface area (Å²) in [5.74, 6) is 0.869. The molecule has 3 atom stereocenters. The molecule has 0 spiro atoms. The highest BCUT2D eigenvalue weighted by Crippen LogP contribution is 2.58. The first-order chi connectivity index (χ1) is 30.3. The molecule has 0 aromatic heterocycles. The topological polar surface area (TPSA) is 36.4 Å². The maximum atomic E-state index is 5.54. The second-order valence-corrected chi connectivity index (χ2v) is 16.2. The Morgan fingerprint density at radius 2 is 0.918 bits per heavy atom. The first kappa shape index (κ1) is 35.4. The average molecular weight is 780 g/mol. The molecule has 0 saturated carbocycles. The lowest BCUT2D eigenvalue weighted by atomic mass is 9.67. The lowest BCUT2D eigenvalue weighted by molar-refractivity contribution is 0.409. The van der Waals surface area contributed by atoms with Crippen LogP contribution in [0.5, 0.6) is 0 Å². The van der Waals surface area contributed by atoms with Crippen molar-refractivity contribution in [3.05, 3.63) is 263 Å². The molecule has 0 bridgehead atoms. The van der Waals surface area contributed by atoms with Crippen LogP contribution in [0.1, 0.15) is 51.3 Å². The van der Waals surface area contributed by atoms with Crippen LogP contribution in [0.15, 0.2) is 229 Å². The summed E-state index contributed by atoms with van der Waals surface area (Å²) in [4.78, 5) is 5.54. The quantitative estimate of drug-likeness (QED) is 0.165. The number of amidine groups is 1. The molecule has 12 rings (SSSR count). The molecule has 3 heteroatoms. The monoisotopic (exact) mass is 779 g/mol. The van der Waals surface area contributed by atoms with Gasteiger partial charge in [-0.2, -0.15) is 0 Å². The van der Waals surface area contributed by atoms with Gasteiger partial charge in [0.25, 0.3) is 0 Å². The van der Waals surface area contributed by atoms with Crippen LogP contribution in [0.4, 0.5) is 0 Å². The van der Waals surface area contributed by atoms with Gasteiger partial charge in [0.05, 0.1) is 5.41 Å². The van der Waals surface area contributed by atoms with E-state index in [1.807, 2.05) is 0 Å². The van der Waals surface area contributed by atoms with Crippen LogP contribution < -0.4 is 10.6 Å². The summed E-state index contributed by atoms with van der Waals surface area (Å²) in [6.45, 7) is 0. The predicted molar refractivity (Wildman–Crippen MR) is 253 cm³/mol. The minimum absolute atomic E-state index is 0.163. The zero-order valence-electron chi connectivity index (χ0n) is 33.5. The molecule has 0 saturated heterocycles. The molecule has 3 nitrogen and oxygen atoms in total. The molecule has 0 amide bonds. The molecule has 1 aliphatic heterocycles. The lowest BCUT2D eigenvalue weighted by Gasteiger charge is -2.34. The molecule has 1 aliphatic carbocycles. The van der Waals surface area contributed by atoms with Gasteiger partial charge >= 0.3 is 0 Å². The molecule has 10 aromatic rings. The third-order valence-corrected chi connectivity index (χ3v) is 13.0. The van der Waals surface area contributed by atoms with Crippen LogP contribution >= 0.6 is 0 Å². The predicted octanol–water partition coefficient (Wildman–Crippen LogP) is 13.5. The summed E-state index contributed by atoms with van der Waals surface area (Å²) in [7, 11) is 0. The first-order valence-corrected chi connectivity index (χ1v) is 21.2. The summed E-state index contributed by atoms with van der Waals surface area (Å²) in [6.07, 6.45) is -0.420. The highest BCUT2D eigenvalue weighted by molar-refractivity contribution is 6.25. The summed E-state index contributed by atoms with van der Waals surface area (Å²) >= 11 is 0. The normalized spacial score (nSPS) is 18.1. The van der Waals surface area contributed by atoms with Gasteiger partial charge in [0.15, 0.2) is 0 Å². The Hall–Kier alpha value is -7.59.